The quantitative estimate of drug-likeness (QED) is 0.150. The van der Waals surface area contributed by atoms with Gasteiger partial charge in [-0.05, 0) is 92.8 Å². The predicted octanol–water partition coefficient (Wildman–Crippen LogP) is 6.14. The first kappa shape index (κ1) is 37.5. The lowest BCUT2D eigenvalue weighted by atomic mass is 9.32. The van der Waals surface area contributed by atoms with E-state index in [1.807, 2.05) is 20.8 Å². The molecule has 0 spiro atoms. The summed E-state index contributed by atoms with van der Waals surface area (Å²) in [5.41, 5.74) is -2.30. The van der Waals surface area contributed by atoms with Crippen LogP contribution in [0, 0.1) is 56.2 Å². The summed E-state index contributed by atoms with van der Waals surface area (Å²) in [6.07, 6.45) is 3.88. The maximum absolute atomic E-state index is 13.6. The number of aliphatic hydroxyl groups excluding tert-OH is 4. The lowest BCUT2D eigenvalue weighted by molar-refractivity contribution is -0.293. The Balaban J connectivity index is 1.68. The second-order valence-corrected chi connectivity index (χ2v) is 18.4. The lowest BCUT2D eigenvalue weighted by Crippen LogP contribution is -2.76. The van der Waals surface area contributed by atoms with E-state index in [0.29, 0.717) is 24.3 Å². The van der Waals surface area contributed by atoms with E-state index in [4.69, 9.17) is 9.47 Å². The van der Waals surface area contributed by atoms with Gasteiger partial charge < -0.3 is 29.9 Å². The average molecular weight is 673 g/mol. The zero-order valence-corrected chi connectivity index (χ0v) is 31.4. The van der Waals surface area contributed by atoms with Gasteiger partial charge in [-0.1, -0.05) is 80.0 Å². The van der Waals surface area contributed by atoms with Gasteiger partial charge in [-0.3, -0.25) is 4.79 Å². The first-order chi connectivity index (χ1) is 22.2. The van der Waals surface area contributed by atoms with Gasteiger partial charge >= 0.3 is 11.9 Å². The molecule has 0 bridgehead atoms. The number of hydrogen-bond donors (Lipinski definition) is 4. The van der Waals surface area contributed by atoms with Crippen molar-refractivity contribution in [3.63, 3.8) is 0 Å². The topological polar surface area (TPSA) is 134 Å². The zero-order valence-electron chi connectivity index (χ0n) is 31.4. The van der Waals surface area contributed by atoms with Gasteiger partial charge in [0, 0.05) is 16.4 Å². The van der Waals surface area contributed by atoms with Crippen LogP contribution in [0.1, 0.15) is 121 Å². The van der Waals surface area contributed by atoms with Gasteiger partial charge in [0.05, 0.1) is 36.3 Å². The lowest BCUT2D eigenvalue weighted by Gasteiger charge is -2.73. The Morgan fingerprint density at radius 2 is 1.60 bits per heavy atom. The third-order valence-electron chi connectivity index (χ3n) is 15.7. The number of fused-ring (bicyclic) bond motifs is 7. The van der Waals surface area contributed by atoms with E-state index in [9.17, 15) is 30.0 Å². The number of allylic oxidation sites excluding steroid dienone is 2. The van der Waals surface area contributed by atoms with E-state index in [1.165, 1.54) is 0 Å². The summed E-state index contributed by atoms with van der Waals surface area (Å²) >= 11 is 0. The Bertz CT molecular complexity index is 1350. The van der Waals surface area contributed by atoms with E-state index in [1.54, 1.807) is 26.8 Å². The smallest absolute Gasteiger partial charge is 0.333 e. The minimum atomic E-state index is -1.50. The second kappa shape index (κ2) is 12.2. The summed E-state index contributed by atoms with van der Waals surface area (Å²) in [4.78, 5) is 26.9. The molecule has 8 heteroatoms. The molecule has 0 aliphatic heterocycles. The van der Waals surface area contributed by atoms with Crippen molar-refractivity contribution in [2.45, 2.75) is 152 Å². The van der Waals surface area contributed by atoms with Crippen molar-refractivity contribution in [1.82, 2.24) is 0 Å². The maximum atomic E-state index is 13.6. The summed E-state index contributed by atoms with van der Waals surface area (Å²) in [5, 5.41) is 47.8. The molecule has 5 aliphatic rings. The third-order valence-corrected chi connectivity index (χ3v) is 15.7. The number of hydrogen-bond acceptors (Lipinski definition) is 8. The average Bonchev–Trinajstić information content (AvgIpc) is 3.03. The van der Waals surface area contributed by atoms with E-state index in [0.717, 1.165) is 37.7 Å². The van der Waals surface area contributed by atoms with Crippen LogP contribution >= 0.6 is 0 Å². The molecular formula is C40H64O8. The van der Waals surface area contributed by atoms with Gasteiger partial charge in [-0.15, -0.1) is 0 Å². The van der Waals surface area contributed by atoms with Crippen LogP contribution in [0.2, 0.25) is 0 Å². The van der Waals surface area contributed by atoms with E-state index >= 15 is 0 Å². The van der Waals surface area contributed by atoms with Crippen molar-refractivity contribution in [1.29, 1.82) is 0 Å². The first-order valence-corrected chi connectivity index (χ1v) is 18.6. The fourth-order valence-electron chi connectivity index (χ4n) is 12.0. The summed E-state index contributed by atoms with van der Waals surface area (Å²) in [5.74, 6) is -1.39. The molecule has 0 unspecified atom stereocenters. The number of carbonyl (C=O) groups excluding carboxylic acids is 2. The van der Waals surface area contributed by atoms with Crippen LogP contribution in [-0.4, -0.2) is 69.5 Å². The molecule has 0 aromatic rings. The highest BCUT2D eigenvalue weighted by atomic mass is 16.6. The molecule has 4 saturated carbocycles. The number of aliphatic hydroxyl groups is 4. The molecule has 0 aromatic carbocycles. The standard InChI is InChI=1S/C40H64O8/c1-12-22(3)33(45)47-31-32(48-34(46)23(4)13-2)40(21-41)25(20-35(31,5)6)24-14-15-27-37(9)18-17-28(42)36(7,8)26(37)16-19-38(27,10)39(24,11)29(43)30(40)44/h12,14,23,25-32,41-44H,13,15-21H2,1-11H3/t23-,25+,26+,27-,28+,29+,30-,31+,32+,37+,38-,39+,40+/m1/s1. The van der Waals surface area contributed by atoms with Crippen molar-refractivity contribution < 1.29 is 39.5 Å². The molecule has 13 atom stereocenters. The summed E-state index contributed by atoms with van der Waals surface area (Å²) in [6.45, 7) is 21.8. The molecule has 5 aliphatic carbocycles. The van der Waals surface area contributed by atoms with Crippen molar-refractivity contribution in [3.05, 3.63) is 23.3 Å². The van der Waals surface area contributed by atoms with Gasteiger partial charge in [-0.2, -0.15) is 0 Å². The van der Waals surface area contributed by atoms with Crippen LogP contribution in [0.4, 0.5) is 0 Å². The van der Waals surface area contributed by atoms with Crippen molar-refractivity contribution in [2.24, 2.45) is 56.2 Å². The Morgan fingerprint density at radius 1 is 0.958 bits per heavy atom. The normalized spacial score (nSPS) is 46.9. The molecule has 272 valence electrons. The SMILES string of the molecule is CC=C(C)C(=O)O[C@H]1[C@H](OC(=O)[C@H](C)CC)[C@]2(CO)[C@H](O)[C@H](O)[C@]3(C)C(=CC[C@@H]4[C@@]5(C)CC[C@H](O)C(C)(C)[C@@H]5CC[C@]43C)[C@@H]2CC1(C)C. The van der Waals surface area contributed by atoms with Crippen molar-refractivity contribution in [3.8, 4) is 0 Å². The Morgan fingerprint density at radius 3 is 2.19 bits per heavy atom. The Kier molecular flexibility index (Phi) is 9.53. The van der Waals surface area contributed by atoms with E-state index in [-0.39, 0.29) is 28.3 Å². The summed E-state index contributed by atoms with van der Waals surface area (Å²) < 4.78 is 12.5. The summed E-state index contributed by atoms with van der Waals surface area (Å²) in [7, 11) is 0. The van der Waals surface area contributed by atoms with Crippen LogP contribution in [0.5, 0.6) is 0 Å². The van der Waals surface area contributed by atoms with E-state index in [2.05, 4.69) is 40.7 Å². The number of carbonyl (C=O) groups is 2. The Labute approximate surface area is 288 Å². The van der Waals surface area contributed by atoms with Crippen molar-refractivity contribution >= 4 is 11.9 Å². The number of ether oxygens (including phenoxy) is 2. The Hall–Kier alpha value is -1.74. The van der Waals surface area contributed by atoms with Gasteiger partial charge in [0.1, 0.15) is 6.10 Å². The van der Waals surface area contributed by atoms with E-state index < -0.39 is 71.0 Å². The van der Waals surface area contributed by atoms with Gasteiger partial charge in [0.25, 0.3) is 0 Å². The summed E-state index contributed by atoms with van der Waals surface area (Å²) in [6, 6.07) is 0. The van der Waals surface area contributed by atoms with Gasteiger partial charge in [0.15, 0.2) is 6.10 Å². The maximum Gasteiger partial charge on any atom is 0.333 e. The molecule has 0 aromatic heterocycles. The highest BCUT2D eigenvalue weighted by Gasteiger charge is 2.76. The molecule has 4 N–H and O–H groups in total. The molecule has 0 heterocycles. The number of esters is 2. The van der Waals surface area contributed by atoms with Gasteiger partial charge in [0.2, 0.25) is 0 Å². The fourth-order valence-corrected chi connectivity index (χ4v) is 12.0. The van der Waals surface area contributed by atoms with Crippen LogP contribution in [-0.2, 0) is 19.1 Å². The molecule has 5 rings (SSSR count). The monoisotopic (exact) mass is 672 g/mol. The van der Waals surface area contributed by atoms with Gasteiger partial charge in [-0.25, -0.2) is 4.79 Å². The minimum Gasteiger partial charge on any atom is -0.457 e. The second-order valence-electron chi connectivity index (χ2n) is 18.4. The first-order valence-electron chi connectivity index (χ1n) is 18.6. The van der Waals surface area contributed by atoms with Crippen LogP contribution in [0.25, 0.3) is 0 Å². The molecule has 8 nitrogen and oxygen atoms in total. The molecular weight excluding hydrogens is 608 g/mol. The number of rotatable bonds is 6. The molecule has 0 amide bonds. The molecule has 0 saturated heterocycles. The highest BCUT2D eigenvalue weighted by molar-refractivity contribution is 5.87. The fraction of sp³-hybridized carbons (Fsp3) is 0.850. The van der Waals surface area contributed by atoms with Crippen molar-refractivity contribution in [2.75, 3.05) is 6.61 Å². The van der Waals surface area contributed by atoms with Crippen LogP contribution < -0.4 is 0 Å². The molecule has 48 heavy (non-hydrogen) atoms. The third kappa shape index (κ3) is 4.88. The largest absolute Gasteiger partial charge is 0.457 e. The molecule has 0 radical (unpaired) electrons. The van der Waals surface area contributed by atoms with Crippen LogP contribution in [0.15, 0.2) is 23.3 Å². The predicted molar refractivity (Wildman–Crippen MR) is 184 cm³/mol. The zero-order chi connectivity index (χ0) is 36.0. The highest BCUT2D eigenvalue weighted by Crippen LogP contribution is 2.76. The van der Waals surface area contributed by atoms with Crippen LogP contribution in [0.3, 0.4) is 0 Å². The minimum absolute atomic E-state index is 0.0684. The molecule has 4 fully saturated rings.